The third-order valence-electron chi connectivity index (χ3n) is 3.55. The highest BCUT2D eigenvalue weighted by Gasteiger charge is 2.25. The third kappa shape index (κ3) is 2.38. The maximum Gasteiger partial charge on any atom is 0.227 e. The van der Waals surface area contributed by atoms with E-state index in [1.54, 1.807) is 10.9 Å². The summed E-state index contributed by atoms with van der Waals surface area (Å²) in [7, 11) is 0. The number of amides is 1. The van der Waals surface area contributed by atoms with Crippen LogP contribution in [-0.2, 0) is 24.3 Å². The lowest BCUT2D eigenvalue weighted by atomic mass is 10.1. The molecule has 2 aromatic heterocycles. The van der Waals surface area contributed by atoms with Crippen molar-refractivity contribution < 1.29 is 4.79 Å². The van der Waals surface area contributed by atoms with Crippen molar-refractivity contribution in [3.05, 3.63) is 35.9 Å². The molecule has 0 bridgehead atoms. The summed E-state index contributed by atoms with van der Waals surface area (Å²) >= 11 is 0. The smallest absolute Gasteiger partial charge is 0.227 e. The van der Waals surface area contributed by atoms with E-state index in [2.05, 4.69) is 15.3 Å². The van der Waals surface area contributed by atoms with Gasteiger partial charge >= 0.3 is 0 Å². The Kier molecular flexibility index (Phi) is 3.06. The molecule has 0 aromatic carbocycles. The van der Waals surface area contributed by atoms with E-state index in [1.165, 1.54) is 0 Å². The van der Waals surface area contributed by atoms with Crippen LogP contribution >= 0.6 is 0 Å². The highest BCUT2D eigenvalue weighted by atomic mass is 16.2. The lowest BCUT2D eigenvalue weighted by Crippen LogP contribution is -2.40. The minimum Gasteiger partial charge on any atom is -0.338 e. The minimum atomic E-state index is -0.0617. The van der Waals surface area contributed by atoms with Crippen molar-refractivity contribution in [2.45, 2.75) is 26.4 Å². The second kappa shape index (κ2) is 4.87. The number of carbonyl (C=O) groups is 1. The van der Waals surface area contributed by atoms with Gasteiger partial charge in [-0.05, 0) is 6.07 Å². The first-order valence-corrected chi connectivity index (χ1v) is 6.51. The van der Waals surface area contributed by atoms with Crippen LogP contribution in [0.15, 0.2) is 24.7 Å². The van der Waals surface area contributed by atoms with E-state index in [-0.39, 0.29) is 11.8 Å². The van der Waals surface area contributed by atoms with Crippen molar-refractivity contribution >= 4 is 5.91 Å². The fourth-order valence-corrected chi connectivity index (χ4v) is 2.49. The SMILES string of the molecule is CC(Cn1cccn1)C(=O)N1CCc2[nH]ncc2C1. The van der Waals surface area contributed by atoms with Gasteiger partial charge in [-0.3, -0.25) is 14.6 Å². The monoisotopic (exact) mass is 259 g/mol. The molecule has 0 spiro atoms. The largest absolute Gasteiger partial charge is 0.338 e. The number of rotatable bonds is 3. The fourth-order valence-electron chi connectivity index (χ4n) is 2.49. The van der Waals surface area contributed by atoms with Gasteiger partial charge in [0.2, 0.25) is 5.91 Å². The number of fused-ring (bicyclic) bond motifs is 1. The van der Waals surface area contributed by atoms with Gasteiger partial charge in [0.1, 0.15) is 0 Å². The van der Waals surface area contributed by atoms with Gasteiger partial charge in [-0.15, -0.1) is 0 Å². The molecule has 1 atom stereocenters. The van der Waals surface area contributed by atoms with Crippen molar-refractivity contribution in [2.75, 3.05) is 6.54 Å². The molecule has 1 unspecified atom stereocenters. The first-order chi connectivity index (χ1) is 9.24. The van der Waals surface area contributed by atoms with Crippen molar-refractivity contribution in [3.63, 3.8) is 0 Å². The van der Waals surface area contributed by atoms with Gasteiger partial charge in [-0.2, -0.15) is 10.2 Å². The molecule has 0 saturated carbocycles. The van der Waals surface area contributed by atoms with Crippen molar-refractivity contribution in [3.8, 4) is 0 Å². The molecular formula is C13H17N5O. The molecule has 0 saturated heterocycles. The zero-order chi connectivity index (χ0) is 13.2. The Labute approximate surface area is 111 Å². The summed E-state index contributed by atoms with van der Waals surface area (Å²) in [5.74, 6) is 0.121. The van der Waals surface area contributed by atoms with Gasteiger partial charge in [0, 0.05) is 43.2 Å². The zero-order valence-electron chi connectivity index (χ0n) is 10.9. The Morgan fingerprint density at radius 3 is 3.26 bits per heavy atom. The number of hydrogen-bond donors (Lipinski definition) is 1. The molecule has 6 heteroatoms. The molecule has 1 aliphatic heterocycles. The first kappa shape index (κ1) is 12.0. The number of carbonyl (C=O) groups excluding carboxylic acids is 1. The summed E-state index contributed by atoms with van der Waals surface area (Å²) in [6.45, 7) is 4.00. The van der Waals surface area contributed by atoms with Gasteiger partial charge in [0.05, 0.1) is 18.7 Å². The number of H-pyrrole nitrogens is 1. The van der Waals surface area contributed by atoms with E-state index >= 15 is 0 Å². The summed E-state index contributed by atoms with van der Waals surface area (Å²) in [5.41, 5.74) is 2.29. The standard InChI is InChI=1S/C13H17N5O/c1-10(8-18-5-2-4-15-18)13(19)17-6-3-12-11(9-17)7-14-16-12/h2,4-5,7,10H,3,6,8-9H2,1H3,(H,14,16). The fraction of sp³-hybridized carbons (Fsp3) is 0.462. The molecule has 0 aliphatic carbocycles. The predicted molar refractivity (Wildman–Crippen MR) is 69.1 cm³/mol. The Balaban J connectivity index is 1.65. The molecule has 1 amide bonds. The normalized spacial score (nSPS) is 16.2. The van der Waals surface area contributed by atoms with Gasteiger partial charge in [-0.1, -0.05) is 6.92 Å². The zero-order valence-corrected chi connectivity index (χ0v) is 10.9. The maximum absolute atomic E-state index is 12.4. The van der Waals surface area contributed by atoms with E-state index in [0.717, 1.165) is 24.2 Å². The van der Waals surface area contributed by atoms with Crippen molar-refractivity contribution in [1.29, 1.82) is 0 Å². The molecule has 2 aromatic rings. The molecule has 6 nitrogen and oxygen atoms in total. The van der Waals surface area contributed by atoms with Crippen molar-refractivity contribution in [2.24, 2.45) is 5.92 Å². The lowest BCUT2D eigenvalue weighted by Gasteiger charge is -2.29. The first-order valence-electron chi connectivity index (χ1n) is 6.51. The number of aromatic nitrogens is 4. The van der Waals surface area contributed by atoms with Gasteiger partial charge in [0.15, 0.2) is 0 Å². The third-order valence-corrected chi connectivity index (χ3v) is 3.55. The van der Waals surface area contributed by atoms with Crippen LogP contribution in [0.25, 0.3) is 0 Å². The number of nitrogens with zero attached hydrogens (tertiary/aromatic N) is 4. The average molecular weight is 259 g/mol. The lowest BCUT2D eigenvalue weighted by molar-refractivity contribution is -0.136. The maximum atomic E-state index is 12.4. The number of aromatic amines is 1. The molecule has 0 fully saturated rings. The van der Waals surface area contributed by atoms with Gasteiger partial charge in [-0.25, -0.2) is 0 Å². The quantitative estimate of drug-likeness (QED) is 0.887. The van der Waals surface area contributed by atoms with Crippen LogP contribution in [0.5, 0.6) is 0 Å². The molecular weight excluding hydrogens is 242 g/mol. The van der Waals surface area contributed by atoms with Crippen LogP contribution in [0.4, 0.5) is 0 Å². The molecule has 3 heterocycles. The Bertz CT molecular complexity index is 559. The minimum absolute atomic E-state index is 0.0617. The molecule has 19 heavy (non-hydrogen) atoms. The van der Waals surface area contributed by atoms with E-state index < -0.39 is 0 Å². The van der Waals surface area contributed by atoms with Crippen LogP contribution in [0.2, 0.25) is 0 Å². The molecule has 3 rings (SSSR count). The second-order valence-corrected chi connectivity index (χ2v) is 5.01. The van der Waals surface area contributed by atoms with Gasteiger partial charge < -0.3 is 4.90 Å². The Hall–Kier alpha value is -2.11. The van der Waals surface area contributed by atoms with Crippen LogP contribution < -0.4 is 0 Å². The summed E-state index contributed by atoms with van der Waals surface area (Å²) in [6, 6.07) is 1.87. The molecule has 1 aliphatic rings. The van der Waals surface area contributed by atoms with E-state index in [0.29, 0.717) is 13.1 Å². The van der Waals surface area contributed by atoms with Crippen LogP contribution in [-0.4, -0.2) is 37.3 Å². The predicted octanol–water partition coefficient (Wildman–Crippen LogP) is 0.827. The average Bonchev–Trinajstić information content (AvgIpc) is 3.07. The summed E-state index contributed by atoms with van der Waals surface area (Å²) in [6.07, 6.45) is 6.28. The van der Waals surface area contributed by atoms with Crippen molar-refractivity contribution in [1.82, 2.24) is 24.9 Å². The van der Waals surface area contributed by atoms with Crippen LogP contribution in [0, 0.1) is 5.92 Å². The second-order valence-electron chi connectivity index (χ2n) is 5.01. The van der Waals surface area contributed by atoms with E-state index in [4.69, 9.17) is 0 Å². The Morgan fingerprint density at radius 2 is 2.47 bits per heavy atom. The van der Waals surface area contributed by atoms with Gasteiger partial charge in [0.25, 0.3) is 0 Å². The highest BCUT2D eigenvalue weighted by molar-refractivity contribution is 5.78. The molecule has 0 radical (unpaired) electrons. The number of nitrogens with one attached hydrogen (secondary N) is 1. The summed E-state index contributed by atoms with van der Waals surface area (Å²) < 4.78 is 1.80. The molecule has 1 N–H and O–H groups in total. The number of hydrogen-bond acceptors (Lipinski definition) is 3. The van der Waals surface area contributed by atoms with E-state index in [9.17, 15) is 4.79 Å². The topological polar surface area (TPSA) is 66.8 Å². The van der Waals surface area contributed by atoms with Crippen LogP contribution in [0.3, 0.4) is 0 Å². The Morgan fingerprint density at radius 1 is 1.58 bits per heavy atom. The van der Waals surface area contributed by atoms with E-state index in [1.807, 2.05) is 30.3 Å². The highest BCUT2D eigenvalue weighted by Crippen LogP contribution is 2.18. The molecule has 100 valence electrons. The van der Waals surface area contributed by atoms with Crippen LogP contribution in [0.1, 0.15) is 18.2 Å². The summed E-state index contributed by atoms with van der Waals surface area (Å²) in [5, 5.41) is 11.1. The summed E-state index contributed by atoms with van der Waals surface area (Å²) in [4.78, 5) is 14.3.